The average Bonchev–Trinajstić information content (AvgIpc) is 2.75. The quantitative estimate of drug-likeness (QED) is 0.845. The summed E-state index contributed by atoms with van der Waals surface area (Å²) in [7, 11) is 0. The highest BCUT2D eigenvalue weighted by Crippen LogP contribution is 2.42. The van der Waals surface area contributed by atoms with Gasteiger partial charge < -0.3 is 15.3 Å². The summed E-state index contributed by atoms with van der Waals surface area (Å²) >= 11 is 6.62. The number of halogens is 1. The first-order valence-corrected chi connectivity index (χ1v) is 10.3. The van der Waals surface area contributed by atoms with Crippen molar-refractivity contribution < 1.29 is 5.11 Å². The van der Waals surface area contributed by atoms with Crippen LogP contribution >= 0.6 is 11.6 Å². The number of aliphatic hydroxyl groups is 1. The molecular formula is C21H27ClN4O. The lowest BCUT2D eigenvalue weighted by Gasteiger charge is -2.39. The number of aromatic nitrogens is 2. The molecule has 0 amide bonds. The van der Waals surface area contributed by atoms with E-state index in [0.29, 0.717) is 5.92 Å². The molecule has 1 aromatic heterocycles. The van der Waals surface area contributed by atoms with Crippen molar-refractivity contribution in [3.8, 4) is 0 Å². The Morgan fingerprint density at radius 2 is 1.89 bits per heavy atom. The Hall–Kier alpha value is -1.69. The summed E-state index contributed by atoms with van der Waals surface area (Å²) in [6.45, 7) is 3.97. The van der Waals surface area contributed by atoms with Crippen molar-refractivity contribution in [1.82, 2.24) is 15.3 Å². The molecule has 2 N–H and O–H groups in total. The standard InChI is InChI=1S/C21H27ClN4O/c22-18-4-2-1-3-17(18)21(8-11-23-12-9-21)19-5-10-24-20(25-19)26-13-6-16(15-27)7-14-26/h1-5,10,16,23,27H,6-9,11-15H2. The van der Waals surface area contributed by atoms with E-state index in [1.54, 1.807) is 0 Å². The monoisotopic (exact) mass is 386 g/mol. The fourth-order valence-corrected chi connectivity index (χ4v) is 4.77. The molecule has 0 saturated carbocycles. The number of nitrogens with one attached hydrogen (secondary N) is 1. The highest BCUT2D eigenvalue weighted by atomic mass is 35.5. The van der Waals surface area contributed by atoms with Gasteiger partial charge in [0.2, 0.25) is 5.95 Å². The van der Waals surface area contributed by atoms with Crippen molar-refractivity contribution in [2.75, 3.05) is 37.7 Å². The van der Waals surface area contributed by atoms with Gasteiger partial charge in [0.05, 0.1) is 5.69 Å². The zero-order valence-electron chi connectivity index (χ0n) is 15.6. The lowest BCUT2D eigenvalue weighted by Crippen LogP contribution is -2.42. The van der Waals surface area contributed by atoms with Crippen molar-refractivity contribution in [3.63, 3.8) is 0 Å². The van der Waals surface area contributed by atoms with Gasteiger partial charge in [-0.15, -0.1) is 0 Å². The van der Waals surface area contributed by atoms with Gasteiger partial charge in [-0.2, -0.15) is 0 Å². The number of nitrogens with zero attached hydrogens (tertiary/aromatic N) is 3. The summed E-state index contributed by atoms with van der Waals surface area (Å²) in [5, 5.41) is 13.7. The van der Waals surface area contributed by atoms with E-state index in [4.69, 9.17) is 16.6 Å². The number of benzene rings is 1. The molecule has 0 aliphatic carbocycles. The normalized spacial score (nSPS) is 20.6. The van der Waals surface area contributed by atoms with Crippen LogP contribution in [-0.4, -0.2) is 47.9 Å². The first kappa shape index (κ1) is 18.7. The van der Waals surface area contributed by atoms with E-state index in [9.17, 15) is 5.11 Å². The lowest BCUT2D eigenvalue weighted by atomic mass is 9.70. The van der Waals surface area contributed by atoms with Crippen LogP contribution in [0.4, 0.5) is 5.95 Å². The molecule has 3 heterocycles. The molecule has 2 fully saturated rings. The number of hydrogen-bond donors (Lipinski definition) is 2. The average molecular weight is 387 g/mol. The first-order valence-electron chi connectivity index (χ1n) is 9.88. The van der Waals surface area contributed by atoms with Crippen LogP contribution in [-0.2, 0) is 5.41 Å². The fraction of sp³-hybridized carbons (Fsp3) is 0.524. The number of aliphatic hydroxyl groups excluding tert-OH is 1. The minimum Gasteiger partial charge on any atom is -0.396 e. The summed E-state index contributed by atoms with van der Waals surface area (Å²) < 4.78 is 0. The highest BCUT2D eigenvalue weighted by Gasteiger charge is 2.39. The van der Waals surface area contributed by atoms with Gasteiger partial charge >= 0.3 is 0 Å². The Bertz CT molecular complexity index is 770. The molecule has 4 rings (SSSR count). The van der Waals surface area contributed by atoms with E-state index >= 15 is 0 Å². The zero-order valence-corrected chi connectivity index (χ0v) is 16.3. The molecule has 5 nitrogen and oxygen atoms in total. The maximum absolute atomic E-state index is 9.38. The van der Waals surface area contributed by atoms with Crippen LogP contribution < -0.4 is 10.2 Å². The summed E-state index contributed by atoms with van der Waals surface area (Å²) in [6, 6.07) is 10.2. The van der Waals surface area contributed by atoms with Crippen molar-refractivity contribution in [3.05, 3.63) is 52.8 Å². The molecule has 0 unspecified atom stereocenters. The first-order chi connectivity index (χ1) is 13.2. The summed E-state index contributed by atoms with van der Waals surface area (Å²) in [6.07, 6.45) is 5.81. The summed E-state index contributed by atoms with van der Waals surface area (Å²) in [5.74, 6) is 1.21. The summed E-state index contributed by atoms with van der Waals surface area (Å²) in [5.41, 5.74) is 2.05. The van der Waals surface area contributed by atoms with E-state index in [1.165, 1.54) is 0 Å². The number of anilines is 1. The van der Waals surface area contributed by atoms with Gasteiger partial charge in [0.15, 0.2) is 0 Å². The Balaban J connectivity index is 1.69. The van der Waals surface area contributed by atoms with Crippen LogP contribution in [0.15, 0.2) is 36.5 Å². The minimum absolute atomic E-state index is 0.176. The number of rotatable bonds is 4. The van der Waals surface area contributed by atoms with Crippen LogP contribution in [0.2, 0.25) is 5.02 Å². The van der Waals surface area contributed by atoms with Crippen LogP contribution in [0, 0.1) is 5.92 Å². The second-order valence-electron chi connectivity index (χ2n) is 7.67. The second-order valence-corrected chi connectivity index (χ2v) is 8.07. The second kappa shape index (κ2) is 8.13. The topological polar surface area (TPSA) is 61.3 Å². The highest BCUT2D eigenvalue weighted by molar-refractivity contribution is 6.31. The SMILES string of the molecule is OCC1CCN(c2nccc(C3(c4ccccc4Cl)CCNCC3)n2)CC1. The fourth-order valence-electron chi connectivity index (χ4n) is 4.45. The van der Waals surface area contributed by atoms with Crippen LogP contribution in [0.25, 0.3) is 0 Å². The van der Waals surface area contributed by atoms with E-state index in [-0.39, 0.29) is 12.0 Å². The van der Waals surface area contributed by atoms with Crippen molar-refractivity contribution in [2.24, 2.45) is 5.92 Å². The minimum atomic E-state index is -0.176. The Morgan fingerprint density at radius 3 is 2.59 bits per heavy atom. The van der Waals surface area contributed by atoms with Crippen molar-refractivity contribution in [1.29, 1.82) is 0 Å². The van der Waals surface area contributed by atoms with E-state index in [1.807, 2.05) is 18.3 Å². The Morgan fingerprint density at radius 1 is 1.15 bits per heavy atom. The molecule has 1 aromatic carbocycles. The molecule has 0 atom stereocenters. The van der Waals surface area contributed by atoms with Gasteiger partial charge in [0.1, 0.15) is 0 Å². The van der Waals surface area contributed by atoms with Gasteiger partial charge in [-0.05, 0) is 62.4 Å². The van der Waals surface area contributed by atoms with Gasteiger partial charge in [-0.1, -0.05) is 29.8 Å². The number of hydrogen-bond acceptors (Lipinski definition) is 5. The zero-order chi connectivity index (χ0) is 18.7. The molecule has 0 radical (unpaired) electrons. The van der Waals surface area contributed by atoms with E-state index in [2.05, 4.69) is 33.4 Å². The predicted octanol–water partition coefficient (Wildman–Crippen LogP) is 3.01. The van der Waals surface area contributed by atoms with Gasteiger partial charge in [-0.25, -0.2) is 9.97 Å². The Labute approximate surface area is 165 Å². The third kappa shape index (κ3) is 3.68. The van der Waals surface area contributed by atoms with Gasteiger partial charge in [0, 0.05) is 36.3 Å². The molecule has 27 heavy (non-hydrogen) atoms. The molecule has 2 aliphatic heterocycles. The Kier molecular flexibility index (Phi) is 5.62. The third-order valence-corrected chi connectivity index (χ3v) is 6.46. The molecule has 2 aromatic rings. The molecule has 2 saturated heterocycles. The van der Waals surface area contributed by atoms with Gasteiger partial charge in [-0.3, -0.25) is 0 Å². The van der Waals surface area contributed by atoms with Gasteiger partial charge in [0.25, 0.3) is 0 Å². The summed E-state index contributed by atoms with van der Waals surface area (Å²) in [4.78, 5) is 11.8. The van der Waals surface area contributed by atoms with E-state index < -0.39 is 0 Å². The van der Waals surface area contributed by atoms with Crippen LogP contribution in [0.5, 0.6) is 0 Å². The molecule has 2 aliphatic rings. The molecular weight excluding hydrogens is 360 g/mol. The predicted molar refractivity (Wildman–Crippen MR) is 108 cm³/mol. The van der Waals surface area contributed by atoms with Crippen LogP contribution in [0.1, 0.15) is 36.9 Å². The molecule has 0 bridgehead atoms. The molecule has 6 heteroatoms. The smallest absolute Gasteiger partial charge is 0.225 e. The maximum atomic E-state index is 9.38. The molecule has 0 spiro atoms. The maximum Gasteiger partial charge on any atom is 0.225 e. The lowest BCUT2D eigenvalue weighted by molar-refractivity contribution is 0.202. The van der Waals surface area contributed by atoms with Crippen LogP contribution in [0.3, 0.4) is 0 Å². The third-order valence-electron chi connectivity index (χ3n) is 6.14. The largest absolute Gasteiger partial charge is 0.396 e. The van der Waals surface area contributed by atoms with Crippen molar-refractivity contribution in [2.45, 2.75) is 31.1 Å². The van der Waals surface area contributed by atoms with E-state index in [0.717, 1.165) is 74.1 Å². The molecule has 144 valence electrons. The van der Waals surface area contributed by atoms with Crippen molar-refractivity contribution >= 4 is 17.5 Å². The number of piperidine rings is 2.